The molecule has 2 rings (SSSR count). The monoisotopic (exact) mass is 306 g/mol. The molecule has 0 saturated carbocycles. The van der Waals surface area contributed by atoms with Crippen LogP contribution in [0.2, 0.25) is 0 Å². The van der Waals surface area contributed by atoms with Crippen LogP contribution >= 0.6 is 0 Å². The van der Waals surface area contributed by atoms with Gasteiger partial charge in [-0.15, -0.1) is 0 Å². The van der Waals surface area contributed by atoms with Crippen molar-refractivity contribution in [1.29, 1.82) is 0 Å². The normalized spacial score (nSPS) is 11.2. The van der Waals surface area contributed by atoms with Crippen molar-refractivity contribution in [3.05, 3.63) is 47.8 Å². The van der Waals surface area contributed by atoms with E-state index in [0.717, 1.165) is 11.3 Å². The largest absolute Gasteiger partial charge is 0.496 e. The summed E-state index contributed by atoms with van der Waals surface area (Å²) in [4.78, 5) is 4.26. The Morgan fingerprint density at radius 1 is 1.24 bits per heavy atom. The van der Waals surface area contributed by atoms with E-state index >= 15 is 0 Å². The molecule has 0 spiro atoms. The first kappa shape index (κ1) is 15.3. The average molecular weight is 306 g/mol. The van der Waals surface area contributed by atoms with E-state index in [1.54, 1.807) is 44.5 Å². The van der Waals surface area contributed by atoms with E-state index in [2.05, 4.69) is 9.71 Å². The molecule has 1 aromatic heterocycles. The number of nitrogens with one attached hydrogen (secondary N) is 1. The minimum absolute atomic E-state index is 0.217. The number of hydrogen-bond donors (Lipinski definition) is 1. The number of methoxy groups -OCH3 is 1. The molecule has 0 radical (unpaired) electrons. The van der Waals surface area contributed by atoms with Crippen LogP contribution in [0.1, 0.15) is 18.2 Å². The predicted octanol–water partition coefficient (Wildman–Crippen LogP) is 2.76. The van der Waals surface area contributed by atoms with E-state index in [1.165, 1.54) is 6.07 Å². The lowest BCUT2D eigenvalue weighted by Gasteiger charge is -2.11. The van der Waals surface area contributed by atoms with Crippen LogP contribution in [0.5, 0.6) is 5.75 Å². The zero-order valence-electron chi connectivity index (χ0n) is 12.3. The van der Waals surface area contributed by atoms with E-state index in [1.807, 2.05) is 6.92 Å². The Balaban J connectivity index is 2.35. The van der Waals surface area contributed by atoms with Crippen LogP contribution in [-0.2, 0) is 16.4 Å². The Bertz CT molecular complexity index is 742. The molecule has 0 aliphatic rings. The standard InChI is InChI=1S/C15H18N2O3S/c1-4-12-10-14(5-6-15(12)20-3)21(18,19)17-13-7-8-16-11(2)9-13/h5-10H,4H2,1-3H3,(H,16,17). The van der Waals surface area contributed by atoms with Crippen molar-refractivity contribution in [3.63, 3.8) is 0 Å². The van der Waals surface area contributed by atoms with Crippen LogP contribution in [0.25, 0.3) is 0 Å². The molecule has 2 aromatic rings. The van der Waals surface area contributed by atoms with Crippen LogP contribution < -0.4 is 9.46 Å². The lowest BCUT2D eigenvalue weighted by atomic mass is 10.1. The Morgan fingerprint density at radius 3 is 2.62 bits per heavy atom. The van der Waals surface area contributed by atoms with Crippen LogP contribution in [0.15, 0.2) is 41.4 Å². The molecule has 1 N–H and O–H groups in total. The van der Waals surface area contributed by atoms with Gasteiger partial charge in [-0.05, 0) is 49.2 Å². The van der Waals surface area contributed by atoms with Gasteiger partial charge in [0.2, 0.25) is 0 Å². The molecular formula is C15H18N2O3S. The Hall–Kier alpha value is -2.08. The van der Waals surface area contributed by atoms with Crippen molar-refractivity contribution in [2.24, 2.45) is 0 Å². The highest BCUT2D eigenvalue weighted by Crippen LogP contribution is 2.24. The number of ether oxygens (including phenoxy) is 1. The van der Waals surface area contributed by atoms with Crippen molar-refractivity contribution in [3.8, 4) is 5.75 Å². The maximum Gasteiger partial charge on any atom is 0.261 e. The average Bonchev–Trinajstić information content (AvgIpc) is 2.46. The van der Waals surface area contributed by atoms with E-state index in [-0.39, 0.29) is 4.90 Å². The summed E-state index contributed by atoms with van der Waals surface area (Å²) in [7, 11) is -2.05. The molecule has 0 bridgehead atoms. The smallest absolute Gasteiger partial charge is 0.261 e. The highest BCUT2D eigenvalue weighted by Gasteiger charge is 2.16. The van der Waals surface area contributed by atoms with Gasteiger partial charge >= 0.3 is 0 Å². The second kappa shape index (κ2) is 6.13. The van der Waals surface area contributed by atoms with Gasteiger partial charge in [0.05, 0.1) is 17.7 Å². The molecule has 0 saturated heterocycles. The van der Waals surface area contributed by atoms with Gasteiger partial charge in [0.1, 0.15) is 5.75 Å². The maximum absolute atomic E-state index is 12.4. The first-order valence-corrected chi connectivity index (χ1v) is 8.07. The first-order valence-electron chi connectivity index (χ1n) is 6.58. The second-order valence-electron chi connectivity index (χ2n) is 4.62. The maximum atomic E-state index is 12.4. The number of pyridine rings is 1. The summed E-state index contributed by atoms with van der Waals surface area (Å²) >= 11 is 0. The molecule has 0 amide bonds. The lowest BCUT2D eigenvalue weighted by molar-refractivity contribution is 0.409. The Morgan fingerprint density at radius 2 is 2.00 bits per heavy atom. The van der Waals surface area contributed by atoms with Crippen molar-refractivity contribution in [2.75, 3.05) is 11.8 Å². The molecular weight excluding hydrogens is 288 g/mol. The fourth-order valence-corrected chi connectivity index (χ4v) is 3.12. The van der Waals surface area contributed by atoms with Gasteiger partial charge in [-0.1, -0.05) is 6.92 Å². The summed E-state index contributed by atoms with van der Waals surface area (Å²) in [5, 5.41) is 0. The highest BCUT2D eigenvalue weighted by molar-refractivity contribution is 7.92. The molecule has 0 unspecified atom stereocenters. The molecule has 1 heterocycles. The topological polar surface area (TPSA) is 68.3 Å². The predicted molar refractivity (Wildman–Crippen MR) is 82.2 cm³/mol. The molecule has 6 heteroatoms. The van der Waals surface area contributed by atoms with Gasteiger partial charge in [-0.3, -0.25) is 9.71 Å². The van der Waals surface area contributed by atoms with E-state index in [9.17, 15) is 8.42 Å². The van der Waals surface area contributed by atoms with Crippen LogP contribution in [0, 0.1) is 6.92 Å². The molecule has 112 valence electrons. The quantitative estimate of drug-likeness (QED) is 0.922. The molecule has 1 aromatic carbocycles. The van der Waals surface area contributed by atoms with Crippen LogP contribution in [0.4, 0.5) is 5.69 Å². The van der Waals surface area contributed by atoms with Crippen molar-refractivity contribution < 1.29 is 13.2 Å². The number of rotatable bonds is 5. The number of nitrogens with zero attached hydrogens (tertiary/aromatic N) is 1. The number of hydrogen-bond acceptors (Lipinski definition) is 4. The summed E-state index contributed by atoms with van der Waals surface area (Å²) in [6, 6.07) is 8.14. The minimum Gasteiger partial charge on any atom is -0.496 e. The number of anilines is 1. The number of aromatic nitrogens is 1. The van der Waals surface area contributed by atoms with Crippen LogP contribution in [-0.4, -0.2) is 20.5 Å². The summed E-state index contributed by atoms with van der Waals surface area (Å²) in [5.41, 5.74) is 2.10. The third-order valence-electron chi connectivity index (χ3n) is 3.09. The Labute approximate surface area is 125 Å². The molecule has 5 nitrogen and oxygen atoms in total. The number of sulfonamides is 1. The molecule has 21 heavy (non-hydrogen) atoms. The molecule has 0 fully saturated rings. The molecule has 0 aliphatic carbocycles. The zero-order valence-corrected chi connectivity index (χ0v) is 13.1. The van der Waals surface area contributed by atoms with E-state index < -0.39 is 10.0 Å². The molecule has 0 aliphatic heterocycles. The second-order valence-corrected chi connectivity index (χ2v) is 6.30. The minimum atomic E-state index is -3.62. The fourth-order valence-electron chi connectivity index (χ4n) is 2.02. The van der Waals surface area contributed by atoms with E-state index in [4.69, 9.17) is 4.74 Å². The molecule has 0 atom stereocenters. The number of benzene rings is 1. The van der Waals surface area contributed by atoms with Crippen molar-refractivity contribution in [2.45, 2.75) is 25.2 Å². The van der Waals surface area contributed by atoms with Crippen LogP contribution in [0.3, 0.4) is 0 Å². The van der Waals surface area contributed by atoms with Gasteiger partial charge in [-0.2, -0.15) is 0 Å². The lowest BCUT2D eigenvalue weighted by Crippen LogP contribution is -2.13. The first-order chi connectivity index (χ1) is 9.96. The van der Waals surface area contributed by atoms with E-state index in [0.29, 0.717) is 17.9 Å². The number of aryl methyl sites for hydroxylation is 2. The van der Waals surface area contributed by atoms with Gasteiger partial charge < -0.3 is 4.74 Å². The van der Waals surface area contributed by atoms with Gasteiger partial charge in [-0.25, -0.2) is 8.42 Å². The van der Waals surface area contributed by atoms with Crippen molar-refractivity contribution in [1.82, 2.24) is 4.98 Å². The Kier molecular flexibility index (Phi) is 4.47. The van der Waals surface area contributed by atoms with Gasteiger partial charge in [0.25, 0.3) is 10.0 Å². The summed E-state index contributed by atoms with van der Waals surface area (Å²) in [5.74, 6) is 0.691. The third kappa shape index (κ3) is 3.52. The van der Waals surface area contributed by atoms with Gasteiger partial charge in [0, 0.05) is 11.9 Å². The third-order valence-corrected chi connectivity index (χ3v) is 4.47. The zero-order chi connectivity index (χ0) is 15.5. The summed E-state index contributed by atoms with van der Waals surface area (Å²) < 4.78 is 32.6. The van der Waals surface area contributed by atoms with Gasteiger partial charge in [0.15, 0.2) is 0 Å². The SMILES string of the molecule is CCc1cc(S(=O)(=O)Nc2ccnc(C)c2)ccc1OC. The summed E-state index contributed by atoms with van der Waals surface area (Å²) in [6.07, 6.45) is 2.26. The highest BCUT2D eigenvalue weighted by atomic mass is 32.2. The summed E-state index contributed by atoms with van der Waals surface area (Å²) in [6.45, 7) is 3.76. The fraction of sp³-hybridized carbons (Fsp3) is 0.267. The van der Waals surface area contributed by atoms with Crippen molar-refractivity contribution >= 4 is 15.7 Å².